The minimum absolute atomic E-state index is 0.0768. The fourth-order valence-electron chi connectivity index (χ4n) is 3.19. The number of hydrogen-bond donors (Lipinski definition) is 1. The summed E-state index contributed by atoms with van der Waals surface area (Å²) in [6.45, 7) is 0. The molecule has 2 fully saturated rings. The summed E-state index contributed by atoms with van der Waals surface area (Å²) in [5.41, 5.74) is 1.68. The van der Waals surface area contributed by atoms with Gasteiger partial charge in [0.15, 0.2) is 15.5 Å². The van der Waals surface area contributed by atoms with Crippen LogP contribution in [0.3, 0.4) is 0 Å². The number of carbonyl (C=O) groups is 1. The first kappa shape index (κ1) is 16.3. The summed E-state index contributed by atoms with van der Waals surface area (Å²) in [6, 6.07) is 7.06. The zero-order chi connectivity index (χ0) is 17.6. The molecule has 1 aliphatic heterocycles. The van der Waals surface area contributed by atoms with Gasteiger partial charge in [-0.3, -0.25) is 9.48 Å². The average molecular weight is 363 g/mol. The number of carbonyl (C=O) groups excluding carboxylic acids is 1. The highest BCUT2D eigenvalue weighted by Gasteiger charge is 2.36. The maximum absolute atomic E-state index is 13.0. The number of rotatable bonds is 4. The summed E-state index contributed by atoms with van der Waals surface area (Å²) in [5.74, 6) is -0.163. The van der Waals surface area contributed by atoms with E-state index in [4.69, 9.17) is 0 Å². The third kappa shape index (κ3) is 3.44. The largest absolute Gasteiger partial charge is 0.321 e. The van der Waals surface area contributed by atoms with Crippen LogP contribution in [-0.2, 0) is 9.84 Å². The van der Waals surface area contributed by atoms with Crippen molar-refractivity contribution in [1.29, 1.82) is 0 Å². The second kappa shape index (κ2) is 5.94. The Labute approximate surface area is 145 Å². The van der Waals surface area contributed by atoms with Gasteiger partial charge in [0.05, 0.1) is 17.5 Å². The van der Waals surface area contributed by atoms with Gasteiger partial charge in [-0.2, -0.15) is 5.10 Å². The van der Waals surface area contributed by atoms with Gasteiger partial charge in [0.25, 0.3) is 5.91 Å². The molecule has 0 radical (unpaired) electrons. The number of nitrogens with one attached hydrogen (secondary N) is 1. The van der Waals surface area contributed by atoms with Crippen LogP contribution in [-0.4, -0.2) is 35.6 Å². The lowest BCUT2D eigenvalue weighted by molar-refractivity contribution is 0.102. The normalized spacial score (nSPS) is 22.0. The summed E-state index contributed by atoms with van der Waals surface area (Å²) in [7, 11) is -3.03. The van der Waals surface area contributed by atoms with Gasteiger partial charge in [0.2, 0.25) is 0 Å². The molecule has 2 heterocycles. The van der Waals surface area contributed by atoms with Crippen LogP contribution < -0.4 is 5.32 Å². The molecule has 4 rings (SSSR count). The fraction of sp³-hybridized carbons (Fsp3) is 0.412. The first-order valence-corrected chi connectivity index (χ1v) is 10.1. The monoisotopic (exact) mass is 363 g/mol. The van der Waals surface area contributed by atoms with E-state index in [1.54, 1.807) is 10.7 Å². The van der Waals surface area contributed by atoms with E-state index in [1.165, 1.54) is 24.3 Å². The van der Waals surface area contributed by atoms with E-state index in [0.29, 0.717) is 18.0 Å². The van der Waals surface area contributed by atoms with Gasteiger partial charge < -0.3 is 5.32 Å². The van der Waals surface area contributed by atoms with Crippen LogP contribution in [0, 0.1) is 5.82 Å². The van der Waals surface area contributed by atoms with Crippen molar-refractivity contribution in [1.82, 2.24) is 9.78 Å². The molecule has 1 saturated heterocycles. The predicted molar refractivity (Wildman–Crippen MR) is 90.9 cm³/mol. The molecule has 0 bridgehead atoms. The predicted octanol–water partition coefficient (Wildman–Crippen LogP) is 2.51. The lowest BCUT2D eigenvalue weighted by Crippen LogP contribution is -2.17. The maximum atomic E-state index is 13.0. The molecule has 1 aromatic heterocycles. The second-order valence-corrected chi connectivity index (χ2v) is 8.92. The molecule has 1 aliphatic carbocycles. The van der Waals surface area contributed by atoms with E-state index in [1.807, 2.05) is 0 Å². The van der Waals surface area contributed by atoms with E-state index in [2.05, 4.69) is 10.4 Å². The summed E-state index contributed by atoms with van der Waals surface area (Å²) < 4.78 is 38.2. The van der Waals surface area contributed by atoms with Crippen molar-refractivity contribution >= 4 is 21.4 Å². The summed E-state index contributed by atoms with van der Waals surface area (Å²) >= 11 is 0. The Morgan fingerprint density at radius 1 is 1.20 bits per heavy atom. The van der Waals surface area contributed by atoms with E-state index in [-0.39, 0.29) is 35.0 Å². The van der Waals surface area contributed by atoms with Crippen molar-refractivity contribution in [3.8, 4) is 0 Å². The van der Waals surface area contributed by atoms with Crippen LogP contribution >= 0.6 is 0 Å². The summed E-state index contributed by atoms with van der Waals surface area (Å²) in [5, 5.41) is 7.09. The SMILES string of the molecule is O=C(Nc1ccc(F)cc1)c1cc(C2CC2)n([C@H]2CCS(=O)(=O)C2)n1. The molecule has 1 aromatic carbocycles. The van der Waals surface area contributed by atoms with Crippen molar-refractivity contribution in [3.63, 3.8) is 0 Å². The van der Waals surface area contributed by atoms with Crippen LogP contribution in [0.5, 0.6) is 0 Å². The van der Waals surface area contributed by atoms with Gasteiger partial charge in [-0.05, 0) is 49.6 Å². The molecule has 2 aromatic rings. The number of nitrogens with zero attached hydrogens (tertiary/aromatic N) is 2. The number of aromatic nitrogens is 2. The smallest absolute Gasteiger partial charge is 0.276 e. The van der Waals surface area contributed by atoms with E-state index in [9.17, 15) is 17.6 Å². The van der Waals surface area contributed by atoms with E-state index in [0.717, 1.165) is 18.5 Å². The van der Waals surface area contributed by atoms with Gasteiger partial charge >= 0.3 is 0 Å². The molecule has 1 amide bonds. The quantitative estimate of drug-likeness (QED) is 0.905. The molecule has 0 unspecified atom stereocenters. The zero-order valence-electron chi connectivity index (χ0n) is 13.5. The number of sulfone groups is 1. The summed E-state index contributed by atoms with van der Waals surface area (Å²) in [4.78, 5) is 12.5. The fourth-order valence-corrected chi connectivity index (χ4v) is 4.88. The Balaban J connectivity index is 1.59. The second-order valence-electron chi connectivity index (χ2n) is 6.69. The molecule has 1 atom stereocenters. The van der Waals surface area contributed by atoms with Gasteiger partial charge in [0, 0.05) is 17.3 Å². The Kier molecular flexibility index (Phi) is 3.87. The average Bonchev–Trinajstić information content (AvgIpc) is 3.21. The number of benzene rings is 1. The highest BCUT2D eigenvalue weighted by Crippen LogP contribution is 2.42. The van der Waals surface area contributed by atoms with Crippen molar-refractivity contribution in [2.75, 3.05) is 16.8 Å². The number of hydrogen-bond acceptors (Lipinski definition) is 4. The molecular formula is C17H18FN3O3S. The molecule has 2 aliphatic rings. The number of anilines is 1. The lowest BCUT2D eigenvalue weighted by atomic mass is 10.2. The first-order chi connectivity index (χ1) is 11.9. The van der Waals surface area contributed by atoms with E-state index >= 15 is 0 Å². The Morgan fingerprint density at radius 2 is 1.92 bits per heavy atom. The van der Waals surface area contributed by atoms with Gasteiger partial charge in [0.1, 0.15) is 5.82 Å². The zero-order valence-corrected chi connectivity index (χ0v) is 14.3. The highest BCUT2D eigenvalue weighted by molar-refractivity contribution is 7.91. The standard InChI is InChI=1S/C17H18FN3O3S/c18-12-3-5-13(6-4-12)19-17(22)15-9-16(11-1-2-11)21(20-15)14-7-8-25(23,24)10-14/h3-6,9,11,14H,1-2,7-8,10H2,(H,19,22)/t14-/m0/s1. The molecule has 6 nitrogen and oxygen atoms in total. The van der Waals surface area contributed by atoms with E-state index < -0.39 is 9.84 Å². The van der Waals surface area contributed by atoms with Crippen LogP contribution in [0.15, 0.2) is 30.3 Å². The number of amides is 1. The maximum Gasteiger partial charge on any atom is 0.276 e. The third-order valence-corrected chi connectivity index (χ3v) is 6.40. The van der Waals surface area contributed by atoms with Crippen LogP contribution in [0.4, 0.5) is 10.1 Å². The number of halogens is 1. The molecule has 132 valence electrons. The topological polar surface area (TPSA) is 81.1 Å². The van der Waals surface area contributed by atoms with Crippen LogP contribution in [0.25, 0.3) is 0 Å². The van der Waals surface area contributed by atoms with Crippen LogP contribution in [0.2, 0.25) is 0 Å². The minimum atomic E-state index is -3.03. The Hall–Kier alpha value is -2.22. The molecule has 1 saturated carbocycles. The molecular weight excluding hydrogens is 345 g/mol. The summed E-state index contributed by atoms with van der Waals surface area (Å²) in [6.07, 6.45) is 2.59. The molecule has 0 spiro atoms. The van der Waals surface area contributed by atoms with Crippen molar-refractivity contribution < 1.29 is 17.6 Å². The molecule has 1 N–H and O–H groups in total. The Bertz CT molecular complexity index is 917. The lowest BCUT2D eigenvalue weighted by Gasteiger charge is -2.12. The van der Waals surface area contributed by atoms with Crippen molar-refractivity contribution in [2.45, 2.75) is 31.2 Å². The Morgan fingerprint density at radius 3 is 2.52 bits per heavy atom. The van der Waals surface area contributed by atoms with Crippen molar-refractivity contribution in [2.24, 2.45) is 0 Å². The van der Waals surface area contributed by atoms with Gasteiger partial charge in [-0.1, -0.05) is 0 Å². The highest BCUT2D eigenvalue weighted by atomic mass is 32.2. The van der Waals surface area contributed by atoms with Crippen LogP contribution in [0.1, 0.15) is 47.4 Å². The van der Waals surface area contributed by atoms with Gasteiger partial charge in [-0.25, -0.2) is 12.8 Å². The van der Waals surface area contributed by atoms with Crippen molar-refractivity contribution in [3.05, 3.63) is 47.5 Å². The minimum Gasteiger partial charge on any atom is -0.321 e. The first-order valence-electron chi connectivity index (χ1n) is 8.28. The molecule has 25 heavy (non-hydrogen) atoms. The molecule has 8 heteroatoms. The third-order valence-electron chi connectivity index (χ3n) is 4.65. The van der Waals surface area contributed by atoms with Gasteiger partial charge in [-0.15, -0.1) is 0 Å².